The molecular formula is C21H13BF3N3O5. The third-order valence-corrected chi connectivity index (χ3v) is 4.53. The number of carboxylic acids is 1. The van der Waals surface area contributed by atoms with E-state index >= 15 is 0 Å². The molecule has 0 aliphatic rings. The molecule has 0 aliphatic carbocycles. The molecule has 1 atom stereocenters. The van der Waals surface area contributed by atoms with Gasteiger partial charge in [0.15, 0.2) is 13.6 Å². The lowest BCUT2D eigenvalue weighted by Crippen LogP contribution is -2.26. The van der Waals surface area contributed by atoms with Crippen molar-refractivity contribution in [2.24, 2.45) is 0 Å². The summed E-state index contributed by atoms with van der Waals surface area (Å²) in [7, 11) is 5.19. The standard InChI is InChI=1S/C21H13BF3N3O5/c1-21(22,25)32-11-7-5-10(6-8-11)28-14-4-2-3-12(13-9-15(19(23)24)33-27-13)16(14)18(29)17(26-28)20(30)31/h2-9,19H,1H3,(H,30,31). The first-order chi connectivity index (χ1) is 15.5. The second-order valence-corrected chi connectivity index (χ2v) is 7.09. The lowest BCUT2D eigenvalue weighted by molar-refractivity contribution is 0.0391. The van der Waals surface area contributed by atoms with Crippen LogP contribution in [0.15, 0.2) is 57.8 Å². The van der Waals surface area contributed by atoms with Gasteiger partial charge >= 0.3 is 5.97 Å². The number of nitrogens with zero attached hydrogens (tertiary/aromatic N) is 3. The fraction of sp³-hybridized carbons (Fsp3) is 0.143. The lowest BCUT2D eigenvalue weighted by Gasteiger charge is -2.18. The smallest absolute Gasteiger partial charge is 0.360 e. The minimum atomic E-state index is -2.92. The van der Waals surface area contributed by atoms with Gasteiger partial charge in [-0.25, -0.2) is 22.6 Å². The molecule has 1 N–H and O–H groups in total. The van der Waals surface area contributed by atoms with Crippen LogP contribution in [-0.2, 0) is 0 Å². The third kappa shape index (κ3) is 4.31. The number of benzene rings is 2. The second-order valence-electron chi connectivity index (χ2n) is 7.09. The van der Waals surface area contributed by atoms with Crippen molar-refractivity contribution < 1.29 is 32.3 Å². The highest BCUT2D eigenvalue weighted by Crippen LogP contribution is 2.30. The first-order valence-electron chi connectivity index (χ1n) is 9.37. The largest absolute Gasteiger partial charge is 0.476 e. The molecule has 0 amide bonds. The predicted octanol–water partition coefficient (Wildman–Crippen LogP) is 3.87. The Morgan fingerprint density at radius 2 is 1.94 bits per heavy atom. The van der Waals surface area contributed by atoms with E-state index in [0.717, 1.165) is 13.0 Å². The van der Waals surface area contributed by atoms with Crippen LogP contribution in [-0.4, -0.2) is 39.6 Å². The maximum absolute atomic E-state index is 13.5. The molecule has 8 nitrogen and oxygen atoms in total. The number of halogens is 3. The molecule has 166 valence electrons. The number of aromatic nitrogens is 3. The maximum atomic E-state index is 13.5. The molecule has 4 aromatic rings. The van der Waals surface area contributed by atoms with Crippen molar-refractivity contribution >= 4 is 24.7 Å². The molecular weight excluding hydrogens is 442 g/mol. The first kappa shape index (κ1) is 22.1. The minimum absolute atomic E-state index is 0.0731. The van der Waals surface area contributed by atoms with Crippen LogP contribution >= 0.6 is 0 Å². The average Bonchev–Trinajstić information content (AvgIpc) is 3.23. The molecule has 2 radical (unpaired) electrons. The monoisotopic (exact) mass is 455 g/mol. The molecule has 0 aliphatic heterocycles. The van der Waals surface area contributed by atoms with Crippen LogP contribution in [0.4, 0.5) is 13.2 Å². The normalized spacial score (nSPS) is 13.2. The molecule has 12 heteroatoms. The maximum Gasteiger partial charge on any atom is 0.360 e. The van der Waals surface area contributed by atoms with Crippen LogP contribution in [0, 0.1) is 0 Å². The van der Waals surface area contributed by atoms with E-state index in [1.165, 1.54) is 47.1 Å². The molecule has 2 heterocycles. The Morgan fingerprint density at radius 1 is 1.24 bits per heavy atom. The quantitative estimate of drug-likeness (QED) is 0.440. The number of ether oxygens (including phenoxy) is 1. The van der Waals surface area contributed by atoms with E-state index in [-0.39, 0.29) is 27.9 Å². The molecule has 33 heavy (non-hydrogen) atoms. The molecule has 1 unspecified atom stereocenters. The summed E-state index contributed by atoms with van der Waals surface area (Å²) in [4.78, 5) is 24.7. The SMILES string of the molecule is [B]C(C)(F)Oc1ccc(-n2nc(C(=O)O)c(=O)c3c(-c4cc(C(F)F)on4)cccc32)cc1. The number of alkyl halides is 3. The van der Waals surface area contributed by atoms with Crippen molar-refractivity contribution in [2.75, 3.05) is 0 Å². The summed E-state index contributed by atoms with van der Waals surface area (Å²) >= 11 is 0. The van der Waals surface area contributed by atoms with Crippen LogP contribution in [0.1, 0.15) is 29.6 Å². The van der Waals surface area contributed by atoms with Crippen LogP contribution in [0.5, 0.6) is 5.75 Å². The van der Waals surface area contributed by atoms with Crippen LogP contribution < -0.4 is 10.2 Å². The highest BCUT2D eigenvalue weighted by Gasteiger charge is 2.23. The van der Waals surface area contributed by atoms with Crippen LogP contribution in [0.2, 0.25) is 0 Å². The topological polar surface area (TPSA) is 107 Å². The summed E-state index contributed by atoms with van der Waals surface area (Å²) in [6.07, 6.45) is -2.92. The van der Waals surface area contributed by atoms with Gasteiger partial charge in [0.2, 0.25) is 16.9 Å². The Labute approximate surface area is 184 Å². The Morgan fingerprint density at radius 3 is 2.52 bits per heavy atom. The van der Waals surface area contributed by atoms with Crippen LogP contribution in [0.25, 0.3) is 27.8 Å². The Balaban J connectivity index is 1.95. The molecule has 4 rings (SSSR count). The molecule has 0 saturated carbocycles. The molecule has 2 aromatic carbocycles. The van der Waals surface area contributed by atoms with Crippen molar-refractivity contribution in [3.63, 3.8) is 0 Å². The summed E-state index contributed by atoms with van der Waals surface area (Å²) in [6, 6.07) is 11.1. The van der Waals surface area contributed by atoms with Gasteiger partial charge in [-0.2, -0.15) is 5.10 Å². The zero-order valence-corrected chi connectivity index (χ0v) is 16.8. The van der Waals surface area contributed by atoms with E-state index in [9.17, 15) is 27.9 Å². The van der Waals surface area contributed by atoms with Gasteiger partial charge in [-0.15, -0.1) is 0 Å². The number of aromatic carboxylic acids is 1. The van der Waals surface area contributed by atoms with Gasteiger partial charge < -0.3 is 14.4 Å². The minimum Gasteiger partial charge on any atom is -0.476 e. The van der Waals surface area contributed by atoms with Gasteiger partial charge in [-0.3, -0.25) is 4.79 Å². The number of hydrogen-bond acceptors (Lipinski definition) is 6. The number of hydrogen-bond donors (Lipinski definition) is 1. The van der Waals surface area contributed by atoms with Crippen LogP contribution in [0.3, 0.4) is 0 Å². The van der Waals surface area contributed by atoms with E-state index < -0.39 is 35.0 Å². The lowest BCUT2D eigenvalue weighted by atomic mass is 9.99. The second kappa shape index (κ2) is 8.12. The summed E-state index contributed by atoms with van der Waals surface area (Å²) in [6.45, 7) is 1.02. The van der Waals surface area contributed by atoms with Gasteiger partial charge in [-0.05, 0) is 37.3 Å². The van der Waals surface area contributed by atoms with Crippen molar-refractivity contribution in [1.82, 2.24) is 14.9 Å². The molecule has 2 aromatic heterocycles. The highest BCUT2D eigenvalue weighted by molar-refractivity contribution is 6.13. The summed E-state index contributed by atoms with van der Waals surface area (Å²) < 4.78 is 50.1. The number of carbonyl (C=O) groups is 1. The van der Waals surface area contributed by atoms with E-state index in [2.05, 4.69) is 14.8 Å². The Hall–Kier alpha value is -4.09. The first-order valence-corrected chi connectivity index (χ1v) is 9.37. The fourth-order valence-electron chi connectivity index (χ4n) is 3.23. The van der Waals surface area contributed by atoms with Crippen molar-refractivity contribution in [1.29, 1.82) is 0 Å². The average molecular weight is 455 g/mol. The molecule has 0 spiro atoms. The number of rotatable bonds is 6. The van der Waals surface area contributed by atoms with Crippen molar-refractivity contribution in [3.8, 4) is 22.7 Å². The Kier molecular flexibility index (Phi) is 5.44. The summed E-state index contributed by atoms with van der Waals surface area (Å²) in [5.41, 5.74) is -1.24. The van der Waals surface area contributed by atoms with Crippen molar-refractivity contribution in [2.45, 2.75) is 19.1 Å². The number of carboxylic acid groups (broad SMARTS) is 1. The summed E-state index contributed by atoms with van der Waals surface area (Å²) in [5, 5.41) is 16.9. The van der Waals surface area contributed by atoms with Gasteiger partial charge in [0.1, 0.15) is 11.4 Å². The van der Waals surface area contributed by atoms with Gasteiger partial charge in [0, 0.05) is 11.6 Å². The van der Waals surface area contributed by atoms with E-state index in [1.54, 1.807) is 0 Å². The zero-order chi connectivity index (χ0) is 23.9. The molecule has 0 bridgehead atoms. The third-order valence-electron chi connectivity index (χ3n) is 4.53. The van der Waals surface area contributed by atoms with Gasteiger partial charge in [0.05, 0.1) is 16.6 Å². The van der Waals surface area contributed by atoms with E-state index in [0.29, 0.717) is 5.69 Å². The van der Waals surface area contributed by atoms with E-state index in [1.807, 2.05) is 0 Å². The summed E-state index contributed by atoms with van der Waals surface area (Å²) in [5.74, 6) is -4.61. The Bertz CT molecular complexity index is 1410. The fourth-order valence-corrected chi connectivity index (χ4v) is 3.23. The predicted molar refractivity (Wildman–Crippen MR) is 111 cm³/mol. The van der Waals surface area contributed by atoms with Gasteiger partial charge in [0.25, 0.3) is 6.43 Å². The van der Waals surface area contributed by atoms with E-state index in [4.69, 9.17) is 12.6 Å². The number of fused-ring (bicyclic) bond motifs is 1. The zero-order valence-electron chi connectivity index (χ0n) is 16.8. The molecule has 0 saturated heterocycles. The van der Waals surface area contributed by atoms with Gasteiger partial charge in [-0.1, -0.05) is 17.3 Å². The highest BCUT2D eigenvalue weighted by atomic mass is 19.3. The molecule has 0 fully saturated rings. The van der Waals surface area contributed by atoms with Crippen molar-refractivity contribution in [3.05, 3.63) is 70.2 Å².